The second-order valence-electron chi connectivity index (χ2n) is 6.99. The average molecular weight is 415 g/mol. The summed E-state index contributed by atoms with van der Waals surface area (Å²) < 4.78 is 18.6. The lowest BCUT2D eigenvalue weighted by atomic mass is 10.1. The molecule has 160 valence electrons. The van der Waals surface area contributed by atoms with Crippen LogP contribution in [0.5, 0.6) is 0 Å². The van der Waals surface area contributed by atoms with Crippen molar-refractivity contribution in [2.45, 2.75) is 26.3 Å². The molecule has 0 fully saturated rings. The van der Waals surface area contributed by atoms with Crippen molar-refractivity contribution in [3.05, 3.63) is 66.0 Å². The third kappa shape index (κ3) is 7.54. The summed E-state index contributed by atoms with van der Waals surface area (Å²) in [6, 6.07) is 13.6. The number of carbonyl (C=O) groups is 3. The fourth-order valence-electron chi connectivity index (χ4n) is 2.64. The summed E-state index contributed by atoms with van der Waals surface area (Å²) in [4.78, 5) is 36.4. The second kappa shape index (κ2) is 11.5. The van der Waals surface area contributed by atoms with Crippen LogP contribution < -0.4 is 16.0 Å². The Bertz CT molecular complexity index is 858. The average Bonchev–Trinajstić information content (AvgIpc) is 2.72. The van der Waals surface area contributed by atoms with Crippen LogP contribution in [0.1, 0.15) is 19.4 Å². The number of benzene rings is 2. The molecule has 2 aromatic rings. The number of urea groups is 1. The van der Waals surface area contributed by atoms with E-state index >= 15 is 0 Å². The van der Waals surface area contributed by atoms with Gasteiger partial charge in [-0.05, 0) is 36.1 Å². The normalized spacial score (nSPS) is 11.5. The maximum atomic E-state index is 13.6. The largest absolute Gasteiger partial charge is 0.454 e. The quantitative estimate of drug-likeness (QED) is 0.549. The number of nitrogens with one attached hydrogen (secondary N) is 3. The van der Waals surface area contributed by atoms with E-state index in [-0.39, 0.29) is 18.3 Å². The van der Waals surface area contributed by atoms with E-state index < -0.39 is 30.6 Å². The van der Waals surface area contributed by atoms with E-state index in [0.717, 1.165) is 0 Å². The molecule has 7 nitrogen and oxygen atoms in total. The number of esters is 1. The number of hydrogen-bond acceptors (Lipinski definition) is 4. The SMILES string of the molecule is CC(C)[C@@H](NC(=O)Nc1ccccc1)C(=O)OCC(=O)NCCc1ccccc1F. The molecular weight excluding hydrogens is 389 g/mol. The molecule has 3 amide bonds. The first-order valence-corrected chi connectivity index (χ1v) is 9.66. The number of hydrogen-bond donors (Lipinski definition) is 3. The van der Waals surface area contributed by atoms with E-state index in [1.165, 1.54) is 6.07 Å². The van der Waals surface area contributed by atoms with Crippen molar-refractivity contribution >= 4 is 23.6 Å². The third-order valence-corrected chi connectivity index (χ3v) is 4.26. The lowest BCUT2D eigenvalue weighted by Crippen LogP contribution is -2.47. The monoisotopic (exact) mass is 415 g/mol. The van der Waals surface area contributed by atoms with Gasteiger partial charge in [0.25, 0.3) is 5.91 Å². The van der Waals surface area contributed by atoms with Crippen LogP contribution in [0.4, 0.5) is 14.9 Å². The zero-order valence-electron chi connectivity index (χ0n) is 17.0. The summed E-state index contributed by atoms with van der Waals surface area (Å²) in [5.74, 6) is -1.80. The molecule has 0 aliphatic rings. The van der Waals surface area contributed by atoms with Crippen LogP contribution in [0.2, 0.25) is 0 Å². The van der Waals surface area contributed by atoms with Crippen molar-refractivity contribution in [2.24, 2.45) is 5.92 Å². The van der Waals surface area contributed by atoms with E-state index in [1.54, 1.807) is 56.3 Å². The minimum Gasteiger partial charge on any atom is -0.454 e. The highest BCUT2D eigenvalue weighted by molar-refractivity contribution is 5.93. The van der Waals surface area contributed by atoms with E-state index in [4.69, 9.17) is 4.74 Å². The fraction of sp³-hybridized carbons (Fsp3) is 0.318. The van der Waals surface area contributed by atoms with Crippen molar-refractivity contribution in [2.75, 3.05) is 18.5 Å². The molecule has 1 atom stereocenters. The van der Waals surface area contributed by atoms with E-state index in [2.05, 4.69) is 16.0 Å². The zero-order valence-corrected chi connectivity index (χ0v) is 17.0. The summed E-state index contributed by atoms with van der Waals surface area (Å²) in [6.45, 7) is 3.23. The van der Waals surface area contributed by atoms with Gasteiger partial charge in [0.05, 0.1) is 0 Å². The number of ether oxygens (including phenoxy) is 1. The molecule has 0 radical (unpaired) electrons. The number of amides is 3. The van der Waals surface area contributed by atoms with Crippen LogP contribution in [0, 0.1) is 11.7 Å². The van der Waals surface area contributed by atoms with Gasteiger partial charge in [0.1, 0.15) is 11.9 Å². The van der Waals surface area contributed by atoms with Crippen LogP contribution in [0.25, 0.3) is 0 Å². The van der Waals surface area contributed by atoms with Crippen LogP contribution >= 0.6 is 0 Å². The minimum absolute atomic E-state index is 0.211. The molecule has 2 rings (SSSR count). The molecule has 8 heteroatoms. The number of rotatable bonds is 9. The Morgan fingerprint density at radius 3 is 2.33 bits per heavy atom. The predicted octanol–water partition coefficient (Wildman–Crippen LogP) is 2.87. The third-order valence-electron chi connectivity index (χ3n) is 4.26. The Morgan fingerprint density at radius 2 is 1.67 bits per heavy atom. The maximum Gasteiger partial charge on any atom is 0.329 e. The second-order valence-corrected chi connectivity index (χ2v) is 6.99. The predicted molar refractivity (Wildman–Crippen MR) is 111 cm³/mol. The molecule has 0 aliphatic heterocycles. The Hall–Kier alpha value is -3.42. The lowest BCUT2D eigenvalue weighted by molar-refractivity contribution is -0.151. The van der Waals surface area contributed by atoms with Gasteiger partial charge < -0.3 is 20.7 Å². The van der Waals surface area contributed by atoms with Gasteiger partial charge in [-0.3, -0.25) is 4.79 Å². The number of carbonyl (C=O) groups excluding carboxylic acids is 3. The van der Waals surface area contributed by atoms with Gasteiger partial charge in [-0.2, -0.15) is 0 Å². The van der Waals surface area contributed by atoms with Crippen molar-refractivity contribution in [1.29, 1.82) is 0 Å². The number of para-hydroxylation sites is 1. The lowest BCUT2D eigenvalue weighted by Gasteiger charge is -2.21. The van der Waals surface area contributed by atoms with Gasteiger partial charge in [-0.15, -0.1) is 0 Å². The first-order chi connectivity index (χ1) is 14.4. The Labute approximate surface area is 175 Å². The molecule has 0 aliphatic carbocycles. The first kappa shape index (κ1) is 22.9. The molecule has 0 saturated heterocycles. The summed E-state index contributed by atoms with van der Waals surface area (Å²) in [7, 11) is 0. The van der Waals surface area contributed by atoms with Gasteiger partial charge in [0, 0.05) is 12.2 Å². The van der Waals surface area contributed by atoms with Gasteiger partial charge in [-0.1, -0.05) is 50.2 Å². The molecule has 0 aromatic heterocycles. The smallest absolute Gasteiger partial charge is 0.329 e. The molecule has 0 saturated carbocycles. The highest BCUT2D eigenvalue weighted by Crippen LogP contribution is 2.08. The van der Waals surface area contributed by atoms with Gasteiger partial charge in [0.2, 0.25) is 0 Å². The van der Waals surface area contributed by atoms with Crippen molar-refractivity contribution in [3.8, 4) is 0 Å². The summed E-state index contributed by atoms with van der Waals surface area (Å²) in [5, 5.41) is 7.76. The summed E-state index contributed by atoms with van der Waals surface area (Å²) in [6.07, 6.45) is 0.322. The van der Waals surface area contributed by atoms with Crippen molar-refractivity contribution in [3.63, 3.8) is 0 Å². The van der Waals surface area contributed by atoms with Crippen molar-refractivity contribution in [1.82, 2.24) is 10.6 Å². The summed E-state index contributed by atoms with van der Waals surface area (Å²) >= 11 is 0. The molecule has 0 unspecified atom stereocenters. The van der Waals surface area contributed by atoms with E-state index in [0.29, 0.717) is 17.7 Å². The Balaban J connectivity index is 1.76. The molecule has 0 spiro atoms. The number of anilines is 1. The highest BCUT2D eigenvalue weighted by Gasteiger charge is 2.26. The summed E-state index contributed by atoms with van der Waals surface area (Å²) in [5.41, 5.74) is 1.07. The van der Waals surface area contributed by atoms with Gasteiger partial charge in [-0.25, -0.2) is 14.0 Å². The van der Waals surface area contributed by atoms with E-state index in [9.17, 15) is 18.8 Å². The standard InChI is InChI=1S/C22H26FN3O4/c1-15(2)20(26-22(29)25-17-9-4-3-5-10-17)21(28)30-14-19(27)24-13-12-16-8-6-7-11-18(16)23/h3-11,15,20H,12-14H2,1-2H3,(H,24,27)(H2,25,26,29)/t20-/m1/s1. The number of halogens is 1. The molecular formula is C22H26FN3O4. The van der Waals surface area contributed by atoms with Crippen LogP contribution in [0.15, 0.2) is 54.6 Å². The molecule has 3 N–H and O–H groups in total. The Morgan fingerprint density at radius 1 is 1.00 bits per heavy atom. The Kier molecular flexibility index (Phi) is 8.80. The van der Waals surface area contributed by atoms with Crippen LogP contribution in [0.3, 0.4) is 0 Å². The molecule has 30 heavy (non-hydrogen) atoms. The van der Waals surface area contributed by atoms with Crippen LogP contribution in [-0.2, 0) is 20.7 Å². The fourth-order valence-corrected chi connectivity index (χ4v) is 2.64. The van der Waals surface area contributed by atoms with Crippen LogP contribution in [-0.4, -0.2) is 37.1 Å². The minimum atomic E-state index is -0.917. The first-order valence-electron chi connectivity index (χ1n) is 9.66. The van der Waals surface area contributed by atoms with E-state index in [1.807, 2.05) is 6.07 Å². The zero-order chi connectivity index (χ0) is 21.9. The topological polar surface area (TPSA) is 96.5 Å². The maximum absolute atomic E-state index is 13.6. The molecule has 2 aromatic carbocycles. The van der Waals surface area contributed by atoms with Crippen molar-refractivity contribution < 1.29 is 23.5 Å². The van der Waals surface area contributed by atoms with Gasteiger partial charge >= 0.3 is 12.0 Å². The highest BCUT2D eigenvalue weighted by atomic mass is 19.1. The molecule has 0 heterocycles. The van der Waals surface area contributed by atoms with Gasteiger partial charge in [0.15, 0.2) is 6.61 Å². The molecule has 0 bridgehead atoms.